The molecular formula is C15H31N3O2S. The van der Waals surface area contributed by atoms with Gasteiger partial charge in [0.25, 0.3) is 10.2 Å². The Bertz CT molecular complexity index is 386. The first-order valence-corrected chi connectivity index (χ1v) is 10.0. The predicted molar refractivity (Wildman–Crippen MR) is 86.5 cm³/mol. The fraction of sp³-hybridized carbons (Fsp3) is 1.00. The maximum absolute atomic E-state index is 12.9. The normalized spacial score (nSPS) is 25.9. The van der Waals surface area contributed by atoms with E-state index < -0.39 is 10.2 Å². The summed E-state index contributed by atoms with van der Waals surface area (Å²) in [5.41, 5.74) is 0. The molecule has 2 fully saturated rings. The van der Waals surface area contributed by atoms with E-state index >= 15 is 0 Å². The van der Waals surface area contributed by atoms with Crippen LogP contribution in [0.15, 0.2) is 0 Å². The van der Waals surface area contributed by atoms with E-state index in [4.69, 9.17) is 0 Å². The monoisotopic (exact) mass is 317 g/mol. The molecule has 5 nitrogen and oxygen atoms in total. The average Bonchev–Trinajstić information content (AvgIpc) is 2.77. The van der Waals surface area contributed by atoms with Crippen molar-refractivity contribution in [2.45, 2.75) is 64.3 Å². The van der Waals surface area contributed by atoms with Crippen LogP contribution in [0.1, 0.15) is 58.3 Å². The van der Waals surface area contributed by atoms with Gasteiger partial charge in [0.15, 0.2) is 0 Å². The van der Waals surface area contributed by atoms with E-state index in [9.17, 15) is 8.42 Å². The van der Waals surface area contributed by atoms with Gasteiger partial charge in [0.2, 0.25) is 0 Å². The zero-order valence-electron chi connectivity index (χ0n) is 13.4. The highest BCUT2D eigenvalue weighted by Gasteiger charge is 2.31. The first-order valence-electron chi connectivity index (χ1n) is 8.63. The highest BCUT2D eigenvalue weighted by molar-refractivity contribution is 7.86. The van der Waals surface area contributed by atoms with Gasteiger partial charge in [-0.2, -0.15) is 17.0 Å². The van der Waals surface area contributed by atoms with Gasteiger partial charge in [-0.1, -0.05) is 26.2 Å². The topological polar surface area (TPSA) is 52.7 Å². The van der Waals surface area contributed by atoms with Crippen molar-refractivity contribution in [3.05, 3.63) is 0 Å². The number of nitrogens with zero attached hydrogens (tertiary/aromatic N) is 2. The zero-order chi connectivity index (χ0) is 15.1. The molecule has 0 bridgehead atoms. The molecule has 2 rings (SSSR count). The van der Waals surface area contributed by atoms with E-state index in [1.54, 1.807) is 8.61 Å². The van der Waals surface area contributed by atoms with Crippen LogP contribution in [-0.2, 0) is 10.2 Å². The predicted octanol–water partition coefficient (Wildman–Crippen LogP) is 1.96. The van der Waals surface area contributed by atoms with Gasteiger partial charge in [-0.25, -0.2) is 0 Å². The van der Waals surface area contributed by atoms with E-state index in [0.717, 1.165) is 45.1 Å². The summed E-state index contributed by atoms with van der Waals surface area (Å²) in [6.07, 6.45) is 8.70. The van der Waals surface area contributed by atoms with Crippen molar-refractivity contribution < 1.29 is 8.42 Å². The highest BCUT2D eigenvalue weighted by Crippen LogP contribution is 2.18. The lowest BCUT2D eigenvalue weighted by Gasteiger charge is -2.33. The highest BCUT2D eigenvalue weighted by atomic mass is 32.2. The molecule has 0 aromatic carbocycles. The van der Waals surface area contributed by atoms with Gasteiger partial charge in [0.05, 0.1) is 0 Å². The van der Waals surface area contributed by atoms with Crippen molar-refractivity contribution in [3.63, 3.8) is 0 Å². The van der Waals surface area contributed by atoms with Gasteiger partial charge < -0.3 is 5.32 Å². The van der Waals surface area contributed by atoms with Crippen LogP contribution in [0.5, 0.6) is 0 Å². The maximum Gasteiger partial charge on any atom is 0.282 e. The Labute approximate surface area is 130 Å². The van der Waals surface area contributed by atoms with Crippen molar-refractivity contribution in [1.82, 2.24) is 13.9 Å². The second-order valence-corrected chi connectivity index (χ2v) is 8.25. The molecule has 2 saturated heterocycles. The van der Waals surface area contributed by atoms with Crippen molar-refractivity contribution in [1.29, 1.82) is 0 Å². The summed E-state index contributed by atoms with van der Waals surface area (Å²) in [4.78, 5) is 0. The van der Waals surface area contributed by atoms with E-state index in [1.807, 2.05) is 0 Å². The van der Waals surface area contributed by atoms with Crippen LogP contribution in [0.25, 0.3) is 0 Å². The molecule has 21 heavy (non-hydrogen) atoms. The van der Waals surface area contributed by atoms with Gasteiger partial charge in [0.1, 0.15) is 0 Å². The van der Waals surface area contributed by atoms with Crippen molar-refractivity contribution in [3.8, 4) is 0 Å². The molecule has 0 aromatic rings. The third-order valence-corrected chi connectivity index (χ3v) is 6.53. The van der Waals surface area contributed by atoms with Crippen LogP contribution in [-0.4, -0.2) is 55.8 Å². The summed E-state index contributed by atoms with van der Waals surface area (Å²) in [7, 11) is -3.28. The maximum atomic E-state index is 12.9. The molecule has 124 valence electrons. The minimum atomic E-state index is -3.28. The Morgan fingerprint density at radius 1 is 1.10 bits per heavy atom. The molecule has 6 heteroatoms. The third kappa shape index (κ3) is 4.91. The quantitative estimate of drug-likeness (QED) is 0.815. The summed E-state index contributed by atoms with van der Waals surface area (Å²) < 4.78 is 29.3. The van der Waals surface area contributed by atoms with E-state index in [2.05, 4.69) is 12.2 Å². The summed E-state index contributed by atoms with van der Waals surface area (Å²) in [6, 6.07) is 0.326. The molecule has 0 aliphatic carbocycles. The summed E-state index contributed by atoms with van der Waals surface area (Å²) >= 11 is 0. The van der Waals surface area contributed by atoms with Crippen LogP contribution in [0.2, 0.25) is 0 Å². The Hall–Kier alpha value is -0.170. The van der Waals surface area contributed by atoms with Gasteiger partial charge in [0, 0.05) is 32.2 Å². The number of piperidine rings is 1. The van der Waals surface area contributed by atoms with Crippen LogP contribution < -0.4 is 5.32 Å². The minimum absolute atomic E-state index is 0.326. The number of hydrogen-bond donors (Lipinski definition) is 1. The van der Waals surface area contributed by atoms with Crippen LogP contribution in [0.4, 0.5) is 0 Å². The number of hydrogen-bond acceptors (Lipinski definition) is 3. The summed E-state index contributed by atoms with van der Waals surface area (Å²) in [6.45, 7) is 5.73. The zero-order valence-corrected chi connectivity index (χ0v) is 14.2. The van der Waals surface area contributed by atoms with E-state index in [-0.39, 0.29) is 0 Å². The fourth-order valence-electron chi connectivity index (χ4n) is 3.31. The van der Waals surface area contributed by atoms with Gasteiger partial charge in [-0.15, -0.1) is 0 Å². The Kier molecular flexibility index (Phi) is 6.92. The van der Waals surface area contributed by atoms with Crippen molar-refractivity contribution in [2.75, 3.05) is 32.7 Å². The van der Waals surface area contributed by atoms with Gasteiger partial charge in [-0.05, 0) is 38.6 Å². The lowest BCUT2D eigenvalue weighted by Crippen LogP contribution is -2.50. The summed E-state index contributed by atoms with van der Waals surface area (Å²) in [5, 5.41) is 3.47. The number of rotatable bonds is 6. The van der Waals surface area contributed by atoms with Crippen LogP contribution in [0, 0.1) is 0 Å². The first-order chi connectivity index (χ1) is 10.1. The molecule has 1 unspecified atom stereocenters. The van der Waals surface area contributed by atoms with Gasteiger partial charge in [-0.3, -0.25) is 0 Å². The largest absolute Gasteiger partial charge is 0.313 e. The molecular weight excluding hydrogens is 286 g/mol. The van der Waals surface area contributed by atoms with Crippen molar-refractivity contribution >= 4 is 10.2 Å². The lowest BCUT2D eigenvalue weighted by atomic mass is 10.1. The smallest absolute Gasteiger partial charge is 0.282 e. The van der Waals surface area contributed by atoms with Crippen molar-refractivity contribution in [2.24, 2.45) is 0 Å². The van der Waals surface area contributed by atoms with E-state index in [1.165, 1.54) is 12.8 Å². The second kappa shape index (κ2) is 8.46. The average molecular weight is 317 g/mol. The lowest BCUT2D eigenvalue weighted by molar-refractivity contribution is 0.288. The Morgan fingerprint density at radius 2 is 1.81 bits per heavy atom. The van der Waals surface area contributed by atoms with Crippen LogP contribution >= 0.6 is 0 Å². The Morgan fingerprint density at radius 3 is 2.38 bits per heavy atom. The van der Waals surface area contributed by atoms with Gasteiger partial charge >= 0.3 is 0 Å². The molecule has 1 N–H and O–H groups in total. The number of nitrogens with one attached hydrogen (secondary N) is 1. The third-order valence-electron chi connectivity index (χ3n) is 4.53. The molecule has 2 aliphatic rings. The SMILES string of the molecule is CCCN(CC1CCCCN1)S(=O)(=O)N1CCCCCC1. The standard InChI is InChI=1S/C15H31N3O2S/c1-2-11-18(14-15-9-5-6-10-16-15)21(19,20)17-12-7-3-4-8-13-17/h15-16H,2-14H2,1H3. The minimum Gasteiger partial charge on any atom is -0.313 e. The molecule has 2 aliphatic heterocycles. The molecule has 1 atom stereocenters. The second-order valence-electron chi connectivity index (χ2n) is 6.33. The molecule has 0 amide bonds. The molecule has 0 aromatic heterocycles. The summed E-state index contributed by atoms with van der Waals surface area (Å²) in [5.74, 6) is 0. The Balaban J connectivity index is 2.03. The molecule has 0 spiro atoms. The molecule has 0 radical (unpaired) electrons. The molecule has 0 saturated carbocycles. The molecule has 2 heterocycles. The van der Waals surface area contributed by atoms with E-state index in [0.29, 0.717) is 32.2 Å². The van der Waals surface area contributed by atoms with Crippen LogP contribution in [0.3, 0.4) is 0 Å². The fourth-order valence-corrected chi connectivity index (χ4v) is 5.14. The first kappa shape index (κ1) is 17.2.